The van der Waals surface area contributed by atoms with Crippen LogP contribution in [-0.4, -0.2) is 70.7 Å². The first kappa shape index (κ1) is 46.5. The van der Waals surface area contributed by atoms with Crippen molar-refractivity contribution in [3.05, 3.63) is 0 Å². The number of hydrogen-bond acceptors (Lipinski definition) is 7. The Morgan fingerprint density at radius 3 is 1.40 bits per heavy atom. The van der Waals surface area contributed by atoms with Crippen LogP contribution in [0.3, 0.4) is 0 Å². The molecule has 0 aliphatic heterocycles. The number of quaternary nitrogens is 1. The van der Waals surface area contributed by atoms with Crippen molar-refractivity contribution < 1.29 is 37.3 Å². The Bertz CT molecular complexity index is 731. The molecular weight excluding hydrogens is 613 g/mol. The smallest absolute Gasteiger partial charge is 0.306 e. The maximum atomic E-state index is 12.5. The Morgan fingerprint density at radius 2 is 0.979 bits per heavy atom. The molecule has 0 aliphatic rings. The van der Waals surface area contributed by atoms with Gasteiger partial charge in [-0.05, 0) is 12.8 Å². The predicted octanol–water partition coefficient (Wildman–Crippen LogP) is 10.3. The molecule has 0 aromatic heterocycles. The van der Waals surface area contributed by atoms with Gasteiger partial charge < -0.3 is 27.9 Å². The number of phosphoric acid groups is 1. The molecule has 0 saturated carbocycles. The molecule has 0 radical (unpaired) electrons. The van der Waals surface area contributed by atoms with Crippen molar-refractivity contribution in [3.63, 3.8) is 0 Å². The van der Waals surface area contributed by atoms with Gasteiger partial charge in [-0.15, -0.1) is 0 Å². The molecular formula is C38H78NO7P. The molecule has 0 bridgehead atoms. The Hall–Kier alpha value is -0.500. The molecule has 0 heterocycles. The van der Waals surface area contributed by atoms with E-state index in [1.54, 1.807) is 0 Å². The molecule has 2 atom stereocenters. The van der Waals surface area contributed by atoms with Crippen LogP contribution in [0.1, 0.15) is 181 Å². The molecule has 0 aromatic rings. The third-order valence-electron chi connectivity index (χ3n) is 8.66. The maximum Gasteiger partial charge on any atom is 0.306 e. The highest BCUT2D eigenvalue weighted by atomic mass is 31.2. The summed E-state index contributed by atoms with van der Waals surface area (Å²) in [4.78, 5) is 24.8. The second kappa shape index (κ2) is 32.7. The summed E-state index contributed by atoms with van der Waals surface area (Å²) in [6.07, 6.45) is 31.2. The van der Waals surface area contributed by atoms with Gasteiger partial charge in [-0.1, -0.05) is 162 Å². The lowest BCUT2D eigenvalue weighted by Crippen LogP contribution is -2.37. The lowest BCUT2D eigenvalue weighted by atomic mass is 10.0. The average molecular weight is 692 g/mol. The van der Waals surface area contributed by atoms with Gasteiger partial charge in [-0.2, -0.15) is 0 Å². The van der Waals surface area contributed by atoms with E-state index in [1.807, 2.05) is 21.1 Å². The summed E-state index contributed by atoms with van der Waals surface area (Å²) in [6, 6.07) is 0. The van der Waals surface area contributed by atoms with Crippen LogP contribution in [0.15, 0.2) is 0 Å². The van der Waals surface area contributed by atoms with Gasteiger partial charge in [-0.3, -0.25) is 9.36 Å². The molecule has 0 N–H and O–H groups in total. The number of carbonyl (C=O) groups excluding carboxylic acids is 1. The molecule has 0 fully saturated rings. The molecule has 8 nitrogen and oxygen atoms in total. The number of ether oxygens (including phenoxy) is 2. The van der Waals surface area contributed by atoms with Crippen LogP contribution in [0.2, 0.25) is 0 Å². The molecule has 0 saturated heterocycles. The lowest BCUT2D eigenvalue weighted by molar-refractivity contribution is -0.870. The fourth-order valence-electron chi connectivity index (χ4n) is 5.55. The molecule has 282 valence electrons. The fourth-order valence-corrected chi connectivity index (χ4v) is 6.27. The van der Waals surface area contributed by atoms with Crippen molar-refractivity contribution in [2.45, 2.75) is 187 Å². The number of carbonyl (C=O) groups is 1. The zero-order chi connectivity index (χ0) is 34.9. The Kier molecular flexibility index (Phi) is 32.3. The highest BCUT2D eigenvalue weighted by Crippen LogP contribution is 2.38. The zero-order valence-corrected chi connectivity index (χ0v) is 32.6. The monoisotopic (exact) mass is 692 g/mol. The lowest BCUT2D eigenvalue weighted by Gasteiger charge is -2.28. The number of rotatable bonds is 37. The van der Waals surface area contributed by atoms with Crippen LogP contribution in [-0.2, 0) is 27.9 Å². The Balaban J connectivity index is 4.14. The van der Waals surface area contributed by atoms with E-state index in [0.29, 0.717) is 24.1 Å². The average Bonchev–Trinajstić information content (AvgIpc) is 3.01. The highest BCUT2D eigenvalue weighted by molar-refractivity contribution is 7.45. The van der Waals surface area contributed by atoms with E-state index in [4.69, 9.17) is 18.5 Å². The van der Waals surface area contributed by atoms with Crippen molar-refractivity contribution >= 4 is 13.8 Å². The Morgan fingerprint density at radius 1 is 0.574 bits per heavy atom. The van der Waals surface area contributed by atoms with Crippen LogP contribution in [0.25, 0.3) is 0 Å². The van der Waals surface area contributed by atoms with E-state index in [1.165, 1.54) is 128 Å². The van der Waals surface area contributed by atoms with Crippen LogP contribution in [0, 0.1) is 0 Å². The van der Waals surface area contributed by atoms with Gasteiger partial charge in [0.15, 0.2) is 0 Å². The number of phosphoric ester groups is 1. The molecule has 0 rings (SSSR count). The van der Waals surface area contributed by atoms with Gasteiger partial charge in [0.2, 0.25) is 0 Å². The summed E-state index contributed by atoms with van der Waals surface area (Å²) in [5.74, 6) is -0.335. The third-order valence-corrected chi connectivity index (χ3v) is 9.62. The van der Waals surface area contributed by atoms with Gasteiger partial charge in [0, 0.05) is 13.0 Å². The number of nitrogens with zero attached hydrogens (tertiary/aromatic N) is 1. The third kappa shape index (κ3) is 36.6. The fraction of sp³-hybridized carbons (Fsp3) is 0.974. The minimum atomic E-state index is -4.50. The van der Waals surface area contributed by atoms with Gasteiger partial charge in [-0.25, -0.2) is 0 Å². The summed E-state index contributed by atoms with van der Waals surface area (Å²) in [7, 11) is 1.37. The second-order valence-corrected chi connectivity index (χ2v) is 16.1. The largest absolute Gasteiger partial charge is 0.756 e. The van der Waals surface area contributed by atoms with E-state index < -0.39 is 13.9 Å². The van der Waals surface area contributed by atoms with Crippen LogP contribution >= 0.6 is 7.82 Å². The summed E-state index contributed by atoms with van der Waals surface area (Å²) in [6.45, 7) is 5.41. The number of likely N-dealkylation sites (N-methyl/N-ethyl adjacent to an activating group) is 1. The molecule has 0 amide bonds. The van der Waals surface area contributed by atoms with Crippen molar-refractivity contribution in [3.8, 4) is 0 Å². The summed E-state index contributed by atoms with van der Waals surface area (Å²) < 4.78 is 34.4. The van der Waals surface area contributed by atoms with Crippen molar-refractivity contribution in [2.24, 2.45) is 0 Å². The predicted molar refractivity (Wildman–Crippen MR) is 194 cm³/mol. The summed E-state index contributed by atoms with van der Waals surface area (Å²) in [5, 5.41) is 0. The molecule has 2 unspecified atom stereocenters. The number of hydrogen-bond donors (Lipinski definition) is 0. The van der Waals surface area contributed by atoms with Crippen LogP contribution in [0.5, 0.6) is 0 Å². The quantitative estimate of drug-likeness (QED) is 0.0277. The SMILES string of the molecule is CCCCCCCCCCCCCCCCCCCOCC(COP(=O)([O-])OCC[N+](C)(C)C)OC(=O)CCCCCCCCCC. The van der Waals surface area contributed by atoms with Crippen LogP contribution in [0.4, 0.5) is 0 Å². The van der Waals surface area contributed by atoms with Crippen LogP contribution < -0.4 is 4.89 Å². The highest BCUT2D eigenvalue weighted by Gasteiger charge is 2.20. The van der Waals surface area contributed by atoms with Gasteiger partial charge in [0.05, 0.1) is 34.4 Å². The first-order chi connectivity index (χ1) is 22.6. The first-order valence-corrected chi connectivity index (χ1v) is 21.2. The van der Waals surface area contributed by atoms with E-state index in [0.717, 1.165) is 32.1 Å². The molecule has 0 spiro atoms. The normalized spacial score (nSPS) is 13.9. The van der Waals surface area contributed by atoms with E-state index in [-0.39, 0.29) is 25.8 Å². The molecule has 0 aromatic carbocycles. The van der Waals surface area contributed by atoms with E-state index in [9.17, 15) is 14.3 Å². The topological polar surface area (TPSA) is 94.1 Å². The van der Waals surface area contributed by atoms with Crippen molar-refractivity contribution in [2.75, 3.05) is 54.1 Å². The zero-order valence-electron chi connectivity index (χ0n) is 31.7. The van der Waals surface area contributed by atoms with Gasteiger partial charge >= 0.3 is 5.97 Å². The van der Waals surface area contributed by atoms with Crippen molar-refractivity contribution in [1.29, 1.82) is 0 Å². The number of esters is 1. The minimum Gasteiger partial charge on any atom is -0.756 e. The van der Waals surface area contributed by atoms with Gasteiger partial charge in [0.25, 0.3) is 7.82 Å². The Labute approximate surface area is 291 Å². The standard InChI is InChI=1S/C38H78NO7P/c1-6-8-10-12-14-16-17-18-19-20-21-22-23-24-26-28-30-33-43-35-37(36-45-47(41,42)44-34-32-39(3,4)5)46-38(40)31-29-27-25-15-13-11-9-7-2/h37H,6-36H2,1-5H3. The van der Waals surface area contributed by atoms with E-state index in [2.05, 4.69) is 13.8 Å². The maximum absolute atomic E-state index is 12.5. The number of unbranched alkanes of at least 4 members (excludes halogenated alkanes) is 23. The second-order valence-electron chi connectivity index (χ2n) is 14.7. The first-order valence-electron chi connectivity index (χ1n) is 19.8. The van der Waals surface area contributed by atoms with Gasteiger partial charge in [0.1, 0.15) is 19.3 Å². The van der Waals surface area contributed by atoms with Crippen molar-refractivity contribution in [1.82, 2.24) is 0 Å². The summed E-state index contributed by atoms with van der Waals surface area (Å²) in [5.41, 5.74) is 0. The molecule has 47 heavy (non-hydrogen) atoms. The van der Waals surface area contributed by atoms with E-state index >= 15 is 0 Å². The molecule has 9 heteroatoms. The minimum absolute atomic E-state index is 0.0307. The summed E-state index contributed by atoms with van der Waals surface area (Å²) >= 11 is 0. The molecule has 0 aliphatic carbocycles.